The van der Waals surface area contributed by atoms with Crippen molar-refractivity contribution in [2.45, 2.75) is 13.0 Å². The number of nitro benzene ring substituents is 1. The molecule has 13 nitrogen and oxygen atoms in total. The van der Waals surface area contributed by atoms with Crippen LogP contribution in [0.25, 0.3) is 10.9 Å². The summed E-state index contributed by atoms with van der Waals surface area (Å²) in [5, 5.41) is 20.3. The number of methoxy groups -OCH3 is 1. The lowest BCUT2D eigenvalue weighted by Crippen LogP contribution is -2.18. The van der Waals surface area contributed by atoms with E-state index in [-0.39, 0.29) is 43.5 Å². The Morgan fingerprint density at radius 2 is 1.61 bits per heavy atom. The second-order valence-electron chi connectivity index (χ2n) is 9.65. The predicted molar refractivity (Wildman–Crippen MR) is 167 cm³/mol. The van der Waals surface area contributed by atoms with E-state index in [0.717, 1.165) is 5.56 Å². The number of nitrogens with zero attached hydrogens (tertiary/aromatic N) is 4. The fraction of sp³-hybridized carbons (Fsp3) is 0.323. The molecule has 4 aromatic rings. The van der Waals surface area contributed by atoms with Gasteiger partial charge in [0.25, 0.3) is 5.69 Å². The van der Waals surface area contributed by atoms with Crippen molar-refractivity contribution in [3.63, 3.8) is 0 Å². The molecule has 0 unspecified atom stereocenters. The first-order valence-corrected chi connectivity index (χ1v) is 14.5. The Labute approximate surface area is 268 Å². The van der Waals surface area contributed by atoms with Crippen LogP contribution in [0.15, 0.2) is 60.9 Å². The molecule has 0 fully saturated rings. The summed E-state index contributed by atoms with van der Waals surface area (Å²) in [5.74, 6) is -0.182. The third-order valence-electron chi connectivity index (χ3n) is 6.55. The second-order valence-corrected chi connectivity index (χ2v) is 10.1. The number of carbonyl (C=O) groups is 1. The number of rotatable bonds is 19. The number of ether oxygens (including phenoxy) is 5. The van der Waals surface area contributed by atoms with Gasteiger partial charge in [-0.3, -0.25) is 14.9 Å². The average molecular weight is 659 g/mol. The molecule has 1 aromatic heterocycles. The van der Waals surface area contributed by atoms with E-state index in [1.807, 2.05) is 0 Å². The summed E-state index contributed by atoms with van der Waals surface area (Å²) in [6.07, 6.45) is 1.34. The number of hydrogen-bond donors (Lipinski definition) is 1. The minimum atomic E-state index is -0.913. The van der Waals surface area contributed by atoms with Gasteiger partial charge in [-0.25, -0.2) is 14.4 Å². The summed E-state index contributed by atoms with van der Waals surface area (Å²) in [5.41, 5.74) is 1.77. The van der Waals surface area contributed by atoms with Crippen molar-refractivity contribution in [1.82, 2.24) is 9.97 Å². The van der Waals surface area contributed by atoms with E-state index in [0.29, 0.717) is 60.3 Å². The molecule has 0 saturated heterocycles. The van der Waals surface area contributed by atoms with Gasteiger partial charge in [-0.15, -0.1) is 0 Å². The van der Waals surface area contributed by atoms with Crippen molar-refractivity contribution in [2.75, 3.05) is 58.3 Å². The largest absolute Gasteiger partial charge is 0.493 e. The van der Waals surface area contributed by atoms with Crippen LogP contribution in [0.4, 0.5) is 21.6 Å². The molecule has 0 aliphatic rings. The Morgan fingerprint density at radius 1 is 0.935 bits per heavy atom. The minimum absolute atomic E-state index is 0.0439. The first kappa shape index (κ1) is 34.2. The Balaban J connectivity index is 1.47. The standard InChI is InChI=1S/C31H32ClFN4O9/c1-42-28-18-27-24(17-29(28)46-15-14-45-13-12-44-11-10-43-9-8-30(38)39)31(35-20-34-27)36(23-6-7-26(33)25(32)16-23)19-21-2-4-22(5-3-21)37(40)41/h2-7,16-18,20H,8-15,19H2,1H3,(H,38,39). The number of aliphatic carboxylic acids is 1. The van der Waals surface area contributed by atoms with Crippen molar-refractivity contribution in [2.24, 2.45) is 0 Å². The summed E-state index contributed by atoms with van der Waals surface area (Å²) >= 11 is 6.14. The number of benzene rings is 3. The summed E-state index contributed by atoms with van der Waals surface area (Å²) in [6.45, 7) is 2.09. The summed E-state index contributed by atoms with van der Waals surface area (Å²) in [7, 11) is 1.51. The van der Waals surface area contributed by atoms with Crippen LogP contribution >= 0.6 is 11.6 Å². The van der Waals surface area contributed by atoms with E-state index in [4.69, 9.17) is 40.4 Å². The van der Waals surface area contributed by atoms with Gasteiger partial charge < -0.3 is 33.7 Å². The molecule has 244 valence electrons. The van der Waals surface area contributed by atoms with E-state index in [1.165, 1.54) is 37.7 Å². The Morgan fingerprint density at radius 3 is 2.24 bits per heavy atom. The van der Waals surface area contributed by atoms with E-state index in [1.54, 1.807) is 35.2 Å². The monoisotopic (exact) mass is 658 g/mol. The van der Waals surface area contributed by atoms with Crippen molar-refractivity contribution in [3.8, 4) is 11.5 Å². The molecule has 3 aromatic carbocycles. The Kier molecular flexibility index (Phi) is 12.8. The highest BCUT2D eigenvalue weighted by Gasteiger charge is 2.20. The predicted octanol–water partition coefficient (Wildman–Crippen LogP) is 5.58. The SMILES string of the molecule is COc1cc2ncnc(N(Cc3ccc([N+](=O)[O-])cc3)c3ccc(F)c(Cl)c3)c2cc1OCCOCCOCCOCCC(=O)O. The summed E-state index contributed by atoms with van der Waals surface area (Å²) < 4.78 is 41.8. The molecule has 1 heterocycles. The molecule has 0 atom stereocenters. The quantitative estimate of drug-likeness (QED) is 0.0759. The second kappa shape index (κ2) is 17.2. The first-order valence-electron chi connectivity index (χ1n) is 14.1. The van der Waals surface area contributed by atoms with Crippen LogP contribution in [0.1, 0.15) is 12.0 Å². The fourth-order valence-corrected chi connectivity index (χ4v) is 4.47. The van der Waals surface area contributed by atoms with Gasteiger partial charge in [-0.1, -0.05) is 23.7 Å². The van der Waals surface area contributed by atoms with Crippen molar-refractivity contribution in [3.05, 3.63) is 87.4 Å². The molecule has 0 aliphatic heterocycles. The molecule has 0 radical (unpaired) electrons. The number of anilines is 2. The van der Waals surface area contributed by atoms with Gasteiger partial charge in [0, 0.05) is 35.8 Å². The number of aromatic nitrogens is 2. The maximum Gasteiger partial charge on any atom is 0.305 e. The number of carboxylic acid groups (broad SMARTS) is 1. The van der Waals surface area contributed by atoms with Gasteiger partial charge in [0.05, 0.1) is 68.6 Å². The van der Waals surface area contributed by atoms with Crippen molar-refractivity contribution < 1.29 is 42.9 Å². The van der Waals surface area contributed by atoms with E-state index in [2.05, 4.69) is 9.97 Å². The topological polar surface area (TPSA) is 156 Å². The summed E-state index contributed by atoms with van der Waals surface area (Å²) in [4.78, 5) is 31.9. The number of carboxylic acids is 1. The number of hydrogen-bond acceptors (Lipinski definition) is 11. The van der Waals surface area contributed by atoms with E-state index >= 15 is 0 Å². The van der Waals surface area contributed by atoms with Crippen molar-refractivity contribution in [1.29, 1.82) is 0 Å². The van der Waals surface area contributed by atoms with Gasteiger partial charge >= 0.3 is 5.97 Å². The maximum absolute atomic E-state index is 14.1. The average Bonchev–Trinajstić information content (AvgIpc) is 3.05. The van der Waals surface area contributed by atoms with Crippen LogP contribution in [-0.4, -0.2) is 79.3 Å². The molecular weight excluding hydrogens is 627 g/mol. The van der Waals surface area contributed by atoms with Gasteiger partial charge in [0.2, 0.25) is 0 Å². The van der Waals surface area contributed by atoms with E-state index in [9.17, 15) is 19.3 Å². The zero-order valence-corrected chi connectivity index (χ0v) is 25.7. The molecule has 15 heteroatoms. The van der Waals surface area contributed by atoms with Crippen LogP contribution < -0.4 is 14.4 Å². The third-order valence-corrected chi connectivity index (χ3v) is 6.84. The van der Waals surface area contributed by atoms with Gasteiger partial charge in [-0.05, 0) is 29.8 Å². The van der Waals surface area contributed by atoms with Crippen LogP contribution in [-0.2, 0) is 25.5 Å². The Hall–Kier alpha value is -4.63. The molecule has 0 amide bonds. The van der Waals surface area contributed by atoms with Crippen LogP contribution in [0.5, 0.6) is 11.5 Å². The van der Waals surface area contributed by atoms with Crippen LogP contribution in [0, 0.1) is 15.9 Å². The third kappa shape index (κ3) is 9.68. The lowest BCUT2D eigenvalue weighted by molar-refractivity contribution is -0.384. The molecule has 0 saturated carbocycles. The normalized spacial score (nSPS) is 11.0. The molecule has 1 N–H and O–H groups in total. The number of halogens is 2. The Bertz CT molecular complexity index is 1630. The summed E-state index contributed by atoms with van der Waals surface area (Å²) in [6, 6.07) is 13.8. The van der Waals surface area contributed by atoms with Gasteiger partial charge in [0.15, 0.2) is 11.5 Å². The van der Waals surface area contributed by atoms with Gasteiger partial charge in [0.1, 0.15) is 24.6 Å². The maximum atomic E-state index is 14.1. The van der Waals surface area contributed by atoms with Crippen LogP contribution in [0.3, 0.4) is 0 Å². The fourth-order valence-electron chi connectivity index (χ4n) is 4.30. The molecule has 0 spiro atoms. The number of non-ortho nitro benzene ring substituents is 1. The zero-order valence-electron chi connectivity index (χ0n) is 24.9. The molecular formula is C31H32ClFN4O9. The highest BCUT2D eigenvalue weighted by Crippen LogP contribution is 2.38. The molecule has 46 heavy (non-hydrogen) atoms. The lowest BCUT2D eigenvalue weighted by atomic mass is 10.1. The highest BCUT2D eigenvalue weighted by atomic mass is 35.5. The number of nitro groups is 1. The van der Waals surface area contributed by atoms with Crippen LogP contribution in [0.2, 0.25) is 5.02 Å². The first-order chi connectivity index (χ1) is 22.3. The zero-order chi connectivity index (χ0) is 32.9. The number of fused-ring (bicyclic) bond motifs is 1. The highest BCUT2D eigenvalue weighted by molar-refractivity contribution is 6.31. The smallest absolute Gasteiger partial charge is 0.305 e. The lowest BCUT2D eigenvalue weighted by Gasteiger charge is -2.26. The minimum Gasteiger partial charge on any atom is -0.493 e. The molecule has 4 rings (SSSR count). The molecule has 0 bridgehead atoms. The van der Waals surface area contributed by atoms with Gasteiger partial charge in [-0.2, -0.15) is 0 Å². The van der Waals surface area contributed by atoms with Crippen molar-refractivity contribution >= 4 is 45.7 Å². The molecule has 0 aliphatic carbocycles. The van der Waals surface area contributed by atoms with E-state index < -0.39 is 16.7 Å².